The Morgan fingerprint density at radius 3 is 2.26 bits per heavy atom. The summed E-state index contributed by atoms with van der Waals surface area (Å²) in [5.41, 5.74) is 5.85. The lowest BCUT2D eigenvalue weighted by molar-refractivity contribution is -0.125. The molecule has 9 rings (SSSR count). The van der Waals surface area contributed by atoms with Crippen LogP contribution in [-0.4, -0.2) is 123 Å². The van der Waals surface area contributed by atoms with E-state index in [4.69, 9.17) is 19.4 Å². The van der Waals surface area contributed by atoms with E-state index in [1.54, 1.807) is 29.7 Å². The fourth-order valence-electron chi connectivity index (χ4n) is 11.0. The predicted octanol–water partition coefficient (Wildman–Crippen LogP) is 12.5. The molecule has 0 bridgehead atoms. The van der Waals surface area contributed by atoms with Crippen LogP contribution in [0.15, 0.2) is 60.2 Å². The van der Waals surface area contributed by atoms with E-state index in [1.165, 1.54) is 35.4 Å². The number of anilines is 1. The van der Waals surface area contributed by atoms with Crippen LogP contribution in [-0.2, 0) is 25.5 Å². The second-order valence-corrected chi connectivity index (χ2v) is 25.2. The molecule has 3 aromatic heterocycles. The summed E-state index contributed by atoms with van der Waals surface area (Å²) in [4.78, 5) is 59.2. The molecule has 6 aromatic rings. The van der Waals surface area contributed by atoms with Gasteiger partial charge in [0.2, 0.25) is 18.7 Å². The van der Waals surface area contributed by atoms with Gasteiger partial charge in [0.15, 0.2) is 5.82 Å². The normalized spacial score (nSPS) is 18.2. The third-order valence-corrected chi connectivity index (χ3v) is 17.7. The molecule has 3 aliphatic rings. The minimum Gasteiger partial charge on any atom is -0.508 e. The molecule has 444 valence electrons. The first kappa shape index (κ1) is 63.2. The highest BCUT2D eigenvalue weighted by Gasteiger charge is 2.33. The molecule has 3 amide bonds. The van der Waals surface area contributed by atoms with Gasteiger partial charge >= 0.3 is 6.01 Å². The van der Waals surface area contributed by atoms with Gasteiger partial charge in [0.25, 0.3) is 0 Å². The number of fused-ring (bicyclic) bond motifs is 2. The predicted molar refractivity (Wildman–Crippen MR) is 324 cm³/mol. The second-order valence-electron chi connectivity index (χ2n) is 24.3. The van der Waals surface area contributed by atoms with Gasteiger partial charge in [-0.05, 0) is 157 Å². The molecule has 3 saturated heterocycles. The lowest BCUT2D eigenvalue weighted by atomic mass is 9.88. The summed E-state index contributed by atoms with van der Waals surface area (Å²) in [5.74, 6) is -0.0880. The molecule has 18 heteroatoms. The minimum absolute atomic E-state index is 0.00598. The van der Waals surface area contributed by atoms with Gasteiger partial charge in [-0.1, -0.05) is 65.0 Å². The zero-order valence-electron chi connectivity index (χ0n) is 50.3. The highest BCUT2D eigenvalue weighted by Crippen LogP contribution is 2.40. The van der Waals surface area contributed by atoms with E-state index in [9.17, 15) is 19.5 Å². The van der Waals surface area contributed by atoms with Crippen molar-refractivity contribution >= 4 is 57.6 Å². The van der Waals surface area contributed by atoms with Crippen LogP contribution in [0.5, 0.6) is 11.8 Å². The largest absolute Gasteiger partial charge is 0.508 e. The topological polar surface area (TPSA) is 175 Å². The van der Waals surface area contributed by atoms with E-state index < -0.39 is 11.6 Å². The van der Waals surface area contributed by atoms with Crippen LogP contribution in [0.2, 0.25) is 0 Å². The number of piperidine rings is 2. The van der Waals surface area contributed by atoms with Crippen LogP contribution in [0.3, 0.4) is 0 Å². The van der Waals surface area contributed by atoms with Gasteiger partial charge in [0.1, 0.15) is 34.7 Å². The van der Waals surface area contributed by atoms with Gasteiger partial charge in [-0.15, -0.1) is 11.3 Å². The maximum atomic E-state index is 17.0. The minimum atomic E-state index is -0.669. The monoisotopic (exact) mass is 1150 g/mol. The van der Waals surface area contributed by atoms with Crippen LogP contribution in [0, 0.1) is 29.9 Å². The van der Waals surface area contributed by atoms with Gasteiger partial charge in [-0.2, -0.15) is 9.97 Å². The maximum Gasteiger partial charge on any atom is 0.319 e. The summed E-state index contributed by atoms with van der Waals surface area (Å²) < 4.78 is 44.7. The number of ether oxygens (including phenoxy) is 2. The number of thiazole rings is 1. The Bertz CT molecular complexity index is 3110. The molecule has 0 saturated carbocycles. The van der Waals surface area contributed by atoms with Crippen molar-refractivity contribution in [3.8, 4) is 33.5 Å². The Hall–Kier alpha value is -6.37. The molecule has 5 atom stereocenters. The number of carbonyl (C=O) groups is 3. The molecule has 3 aliphatic heterocycles. The van der Waals surface area contributed by atoms with E-state index in [-0.39, 0.29) is 64.1 Å². The Labute approximate surface area is 488 Å². The molecular weight excluding hydrogens is 1060 g/mol. The molecule has 0 radical (unpaired) electrons. The first-order valence-electron chi connectivity index (χ1n) is 29.3. The van der Waals surface area contributed by atoms with Gasteiger partial charge in [-0.25, -0.2) is 13.8 Å². The number of hydrogen-bond donors (Lipinski definition) is 3. The Morgan fingerprint density at radius 1 is 0.927 bits per heavy atom. The molecule has 3 fully saturated rings. The van der Waals surface area contributed by atoms with Crippen molar-refractivity contribution < 1.29 is 37.7 Å². The fraction of sp³-hybridized carbons (Fsp3) is 0.547. The maximum absolute atomic E-state index is 17.0. The molecule has 0 spiro atoms. The number of rotatable bonds is 18. The summed E-state index contributed by atoms with van der Waals surface area (Å²) in [5, 5.41) is 18.1. The SMILES string of the molecule is CCc1c(F)ccc2cc(O)cc(-c3ncc4c(N5CCC[C@H](C)C5)nc(OC5CCN(C(C)(C)CCOC(C)CC(=O)N[C@H](C)C(C)(C)C)CC5)nc4c3F)c12.C[C@@H]1CCCN1C=O.Cc1ncsc1-c1ccc([C@H](C)NC=O)cc1. The summed E-state index contributed by atoms with van der Waals surface area (Å²) >= 11 is 1.64. The molecule has 6 heterocycles. The van der Waals surface area contributed by atoms with Crippen molar-refractivity contribution in [2.24, 2.45) is 11.3 Å². The van der Waals surface area contributed by atoms with Crippen molar-refractivity contribution in [3.63, 3.8) is 0 Å². The van der Waals surface area contributed by atoms with E-state index in [0.717, 1.165) is 88.9 Å². The van der Waals surface area contributed by atoms with E-state index in [2.05, 4.69) is 91.0 Å². The number of hydrogen-bond acceptors (Lipinski definition) is 13. The number of phenolic OH excluding ortho intramolecular Hbond substituents is 1. The zero-order valence-corrected chi connectivity index (χ0v) is 51.1. The smallest absolute Gasteiger partial charge is 0.319 e. The van der Waals surface area contributed by atoms with E-state index in [0.29, 0.717) is 64.5 Å². The van der Waals surface area contributed by atoms with Crippen molar-refractivity contribution in [3.05, 3.63) is 88.7 Å². The Morgan fingerprint density at radius 2 is 1.65 bits per heavy atom. The number of benzene rings is 3. The number of aryl methyl sites for hydroxylation is 2. The first-order chi connectivity index (χ1) is 39.0. The number of pyridine rings is 1. The van der Waals surface area contributed by atoms with Crippen molar-refractivity contribution in [1.82, 2.24) is 40.4 Å². The average molecular weight is 1150 g/mol. The van der Waals surface area contributed by atoms with Gasteiger partial charge in [-0.3, -0.25) is 24.3 Å². The van der Waals surface area contributed by atoms with E-state index in [1.807, 2.05) is 57.2 Å². The Kier molecular flexibility index (Phi) is 21.8. The van der Waals surface area contributed by atoms with Crippen molar-refractivity contribution in [2.45, 2.75) is 177 Å². The standard InChI is InChI=1S/C45H62F2N6O4.C13H14N2OS.C6H11NO/c1-10-33-36(46)14-13-30-23-31(54)24-34(38(30)33)40-39(47)41-35(25-48-40)42(52-18-11-12-27(2)26-52)51-43(50-41)57-32-15-19-53(20-16-32)45(8,9)17-21-56-28(3)22-37(55)49-29(4)44(5,6)7;1-9(14-7-16)11-3-5-12(6-4-11)13-10(2)15-8-17-13;1-6-3-2-4-7(6)5-8/h13-14,23-25,27-29,32,54H,10-12,15-22,26H2,1-9H3,(H,49,55);3-9H,1-2H3,(H,14,16);5-6H,2-4H2,1H3/t27-,28?,29+;9-;6-/m001/s1. The van der Waals surface area contributed by atoms with Gasteiger partial charge < -0.3 is 35.0 Å². The van der Waals surface area contributed by atoms with Gasteiger partial charge in [0, 0.05) is 68.7 Å². The number of phenols is 1. The molecule has 15 nitrogen and oxygen atoms in total. The number of carbonyl (C=O) groups excluding carboxylic acids is 3. The quantitative estimate of drug-likeness (QED) is 0.0696. The van der Waals surface area contributed by atoms with Crippen molar-refractivity contribution in [2.75, 3.05) is 44.2 Å². The zero-order chi connectivity index (χ0) is 59.5. The highest BCUT2D eigenvalue weighted by atomic mass is 32.1. The first-order valence-corrected chi connectivity index (χ1v) is 30.2. The van der Waals surface area contributed by atoms with E-state index >= 15 is 8.78 Å². The molecule has 3 N–H and O–H groups in total. The number of nitrogens with zero attached hydrogens (tertiary/aromatic N) is 7. The molecule has 3 aromatic carbocycles. The molecule has 0 aliphatic carbocycles. The van der Waals surface area contributed by atoms with Crippen LogP contribution in [0.1, 0.15) is 150 Å². The van der Waals surface area contributed by atoms with Crippen LogP contribution < -0.4 is 20.3 Å². The average Bonchev–Trinajstić information content (AvgIpc) is 2.46. The number of halogens is 2. The summed E-state index contributed by atoms with van der Waals surface area (Å²) in [7, 11) is 0. The summed E-state index contributed by atoms with van der Waals surface area (Å²) in [6.07, 6.45) is 10.4. The number of nitrogens with one attached hydrogen (secondary N) is 2. The second kappa shape index (κ2) is 28.3. The van der Waals surface area contributed by atoms with Crippen molar-refractivity contribution in [1.29, 1.82) is 0 Å². The van der Waals surface area contributed by atoms with Crippen LogP contribution in [0.25, 0.3) is 43.4 Å². The number of aromatic nitrogens is 4. The molecule has 1 unspecified atom stereocenters. The summed E-state index contributed by atoms with van der Waals surface area (Å²) in [6, 6.07) is 14.9. The number of amides is 3. The highest BCUT2D eigenvalue weighted by molar-refractivity contribution is 7.13. The number of aromatic hydroxyl groups is 1. The van der Waals surface area contributed by atoms with Crippen LogP contribution in [0.4, 0.5) is 14.6 Å². The Balaban J connectivity index is 0.000000315. The van der Waals surface area contributed by atoms with Gasteiger partial charge in [0.05, 0.1) is 40.0 Å². The molecule has 82 heavy (non-hydrogen) atoms. The molecular formula is C64H87F2N9O6S. The lowest BCUT2D eigenvalue weighted by Gasteiger charge is -2.43. The van der Waals surface area contributed by atoms with Crippen LogP contribution >= 0.6 is 11.3 Å². The lowest BCUT2D eigenvalue weighted by Crippen LogP contribution is -2.50. The third-order valence-electron chi connectivity index (χ3n) is 16.7. The number of likely N-dealkylation sites (tertiary alicyclic amines) is 2. The fourth-order valence-corrected chi connectivity index (χ4v) is 11.8. The summed E-state index contributed by atoms with van der Waals surface area (Å²) in [6.45, 7) is 29.5. The third kappa shape index (κ3) is 16.0.